The quantitative estimate of drug-likeness (QED) is 0.632. The lowest BCUT2D eigenvalue weighted by Gasteiger charge is -2.11. The van der Waals surface area contributed by atoms with Gasteiger partial charge < -0.3 is 4.74 Å². The molecule has 1 aromatic heterocycles. The maximum absolute atomic E-state index is 12.5. The second-order valence-electron chi connectivity index (χ2n) is 6.30. The van der Waals surface area contributed by atoms with Crippen LogP contribution in [0.25, 0.3) is 10.8 Å². The summed E-state index contributed by atoms with van der Waals surface area (Å²) in [5.74, 6) is 0.423. The molecule has 0 spiro atoms. The molecule has 0 atom stereocenters. The topological polar surface area (TPSA) is 90.3 Å². The smallest absolute Gasteiger partial charge is 0.290 e. The molecule has 1 fully saturated rings. The van der Waals surface area contributed by atoms with Crippen LogP contribution in [0.5, 0.6) is 5.75 Å². The molecule has 4 rings (SSSR count). The molecule has 1 aliphatic rings. The monoisotopic (exact) mass is 423 g/mol. The summed E-state index contributed by atoms with van der Waals surface area (Å²) >= 11 is 0.834. The van der Waals surface area contributed by atoms with Crippen LogP contribution in [-0.2, 0) is 17.8 Å². The third kappa shape index (κ3) is 5.15. The zero-order valence-corrected chi connectivity index (χ0v) is 17.3. The van der Waals surface area contributed by atoms with Crippen LogP contribution in [0.4, 0.5) is 4.79 Å². The van der Waals surface area contributed by atoms with E-state index in [-0.39, 0.29) is 21.6 Å². The van der Waals surface area contributed by atoms with Gasteiger partial charge >= 0.3 is 0 Å². The fourth-order valence-electron chi connectivity index (χ4n) is 2.83. The minimum absolute atomic E-state index is 0.0653. The van der Waals surface area contributed by atoms with Gasteiger partial charge in [0.05, 0.1) is 22.5 Å². The van der Waals surface area contributed by atoms with Crippen molar-refractivity contribution in [3.05, 3.63) is 82.1 Å². The second-order valence-corrected chi connectivity index (χ2v) is 7.37. The van der Waals surface area contributed by atoms with Crippen molar-refractivity contribution in [1.82, 2.24) is 15.1 Å². The zero-order chi connectivity index (χ0) is 21.5. The van der Waals surface area contributed by atoms with Crippen LogP contribution < -0.4 is 15.6 Å². The fraction of sp³-hybridized carbons (Fsp3) is 0.182. The van der Waals surface area contributed by atoms with E-state index in [9.17, 15) is 14.4 Å². The van der Waals surface area contributed by atoms with E-state index in [0.717, 1.165) is 35.0 Å². The highest BCUT2D eigenvalue weighted by atomic mass is 32.2. The van der Waals surface area contributed by atoms with Crippen LogP contribution in [0.2, 0.25) is 0 Å². The number of carbonyl (C=O) groups is 2. The van der Waals surface area contributed by atoms with Crippen molar-refractivity contribution >= 4 is 33.7 Å². The summed E-state index contributed by atoms with van der Waals surface area (Å²) < 4.78 is 7.15. The van der Waals surface area contributed by atoms with Crippen molar-refractivity contribution < 1.29 is 14.3 Å². The molecule has 7 nitrogen and oxygen atoms in total. The third-order valence-corrected chi connectivity index (χ3v) is 5.00. The third-order valence-electron chi connectivity index (χ3n) is 4.28. The summed E-state index contributed by atoms with van der Waals surface area (Å²) in [6.07, 6.45) is 0.792. The summed E-state index contributed by atoms with van der Waals surface area (Å²) in [5, 5.41) is 7.85. The van der Waals surface area contributed by atoms with Gasteiger partial charge in [0, 0.05) is 5.39 Å². The van der Waals surface area contributed by atoms with E-state index >= 15 is 0 Å². The molecular formula is C22H21N3O4S. The predicted octanol–water partition coefficient (Wildman–Crippen LogP) is 3.52. The Morgan fingerprint density at radius 1 is 1.03 bits per heavy atom. The first kappa shape index (κ1) is 21.3. The minimum Gasteiger partial charge on any atom is -0.492 e. The highest BCUT2D eigenvalue weighted by Crippen LogP contribution is 2.19. The highest BCUT2D eigenvalue weighted by molar-refractivity contribution is 8.18. The van der Waals surface area contributed by atoms with Crippen molar-refractivity contribution in [2.45, 2.75) is 19.9 Å². The van der Waals surface area contributed by atoms with Gasteiger partial charge in [-0.2, -0.15) is 5.10 Å². The van der Waals surface area contributed by atoms with Gasteiger partial charge in [-0.1, -0.05) is 49.9 Å². The number of fused-ring (bicyclic) bond motifs is 1. The number of imide groups is 1. The Labute approximate surface area is 177 Å². The standard InChI is InChI=1S/C18H18N2O2.C4H3NO2S/c1-2-17-15-10-6-7-11-16(15)18(21)20(19-17)12-13-22-14-8-4-3-5-9-14;1-2-3(6)5-4(7)8-2/h3-11H,2,12-13H2,1H3;1H2,(H,5,6,7). The lowest BCUT2D eigenvalue weighted by molar-refractivity contribution is -0.115. The molecule has 1 saturated heterocycles. The van der Waals surface area contributed by atoms with Gasteiger partial charge in [0.1, 0.15) is 12.4 Å². The van der Waals surface area contributed by atoms with Gasteiger partial charge in [0.25, 0.3) is 16.7 Å². The highest BCUT2D eigenvalue weighted by Gasteiger charge is 2.22. The zero-order valence-electron chi connectivity index (χ0n) is 16.5. The number of rotatable bonds is 5. The predicted molar refractivity (Wildman–Crippen MR) is 118 cm³/mol. The number of para-hydroxylation sites is 1. The van der Waals surface area contributed by atoms with E-state index in [1.165, 1.54) is 4.68 Å². The van der Waals surface area contributed by atoms with Crippen molar-refractivity contribution in [3.8, 4) is 5.75 Å². The Kier molecular flexibility index (Phi) is 7.03. The number of carbonyl (C=O) groups excluding carboxylic acids is 2. The van der Waals surface area contributed by atoms with Gasteiger partial charge in [-0.15, -0.1) is 0 Å². The molecule has 30 heavy (non-hydrogen) atoms. The molecule has 0 aliphatic carbocycles. The average molecular weight is 423 g/mol. The molecule has 0 radical (unpaired) electrons. The number of ether oxygens (including phenoxy) is 1. The van der Waals surface area contributed by atoms with Crippen LogP contribution in [0.15, 0.2) is 70.9 Å². The number of aryl methyl sites for hydroxylation is 1. The molecule has 2 heterocycles. The summed E-state index contributed by atoms with van der Waals surface area (Å²) in [4.78, 5) is 33.3. The Morgan fingerprint density at radius 2 is 1.70 bits per heavy atom. The molecular weight excluding hydrogens is 402 g/mol. The number of nitrogens with zero attached hydrogens (tertiary/aromatic N) is 2. The van der Waals surface area contributed by atoms with E-state index in [1.807, 2.05) is 61.5 Å². The first-order valence-electron chi connectivity index (χ1n) is 9.38. The van der Waals surface area contributed by atoms with Crippen LogP contribution in [0.3, 0.4) is 0 Å². The fourth-order valence-corrected chi connectivity index (χ4v) is 3.34. The Bertz CT molecular complexity index is 1120. The van der Waals surface area contributed by atoms with Crippen molar-refractivity contribution in [2.24, 2.45) is 0 Å². The SMILES string of the molecule is C=C1SC(=O)NC1=O.CCc1nn(CCOc2ccccc2)c(=O)c2ccccc12. The van der Waals surface area contributed by atoms with Crippen molar-refractivity contribution in [3.63, 3.8) is 0 Å². The van der Waals surface area contributed by atoms with E-state index in [1.54, 1.807) is 0 Å². The lowest BCUT2D eigenvalue weighted by atomic mass is 10.1. The van der Waals surface area contributed by atoms with Crippen LogP contribution >= 0.6 is 11.8 Å². The van der Waals surface area contributed by atoms with Crippen molar-refractivity contribution in [1.29, 1.82) is 0 Å². The molecule has 8 heteroatoms. The minimum atomic E-state index is -0.375. The molecule has 154 valence electrons. The Balaban J connectivity index is 0.000000269. The number of hydrogen-bond donors (Lipinski definition) is 1. The number of nitrogens with one attached hydrogen (secondary N) is 1. The number of amides is 2. The number of hydrogen-bond acceptors (Lipinski definition) is 6. The maximum atomic E-state index is 12.5. The summed E-state index contributed by atoms with van der Waals surface area (Å²) in [6.45, 7) is 6.21. The number of benzene rings is 2. The normalized spacial score (nSPS) is 13.0. The Morgan fingerprint density at radius 3 is 2.27 bits per heavy atom. The second kappa shape index (κ2) is 9.89. The van der Waals surface area contributed by atoms with E-state index < -0.39 is 0 Å². The largest absolute Gasteiger partial charge is 0.492 e. The lowest BCUT2D eigenvalue weighted by Crippen LogP contribution is -2.27. The van der Waals surface area contributed by atoms with Crippen LogP contribution in [-0.4, -0.2) is 27.5 Å². The van der Waals surface area contributed by atoms with Gasteiger partial charge in [-0.05, 0) is 36.4 Å². The van der Waals surface area contributed by atoms with Crippen molar-refractivity contribution in [2.75, 3.05) is 6.61 Å². The van der Waals surface area contributed by atoms with Gasteiger partial charge in [-0.3, -0.25) is 19.7 Å². The van der Waals surface area contributed by atoms with E-state index in [4.69, 9.17) is 4.74 Å². The molecule has 2 aromatic carbocycles. The number of thioether (sulfide) groups is 1. The Hall–Kier alpha value is -3.39. The van der Waals surface area contributed by atoms with Gasteiger partial charge in [0.2, 0.25) is 0 Å². The summed E-state index contributed by atoms with van der Waals surface area (Å²) in [5.41, 5.74) is 0.874. The molecule has 0 saturated carbocycles. The number of aromatic nitrogens is 2. The molecule has 0 bridgehead atoms. The summed E-state index contributed by atoms with van der Waals surface area (Å²) in [6, 6.07) is 17.2. The summed E-state index contributed by atoms with van der Waals surface area (Å²) in [7, 11) is 0. The van der Waals surface area contributed by atoms with E-state index in [2.05, 4.69) is 17.0 Å². The van der Waals surface area contributed by atoms with Crippen LogP contribution in [0, 0.1) is 0 Å². The average Bonchev–Trinajstić information content (AvgIpc) is 3.06. The first-order chi connectivity index (χ1) is 14.5. The van der Waals surface area contributed by atoms with Gasteiger partial charge in [-0.25, -0.2) is 4.68 Å². The van der Waals surface area contributed by atoms with Gasteiger partial charge in [0.15, 0.2) is 0 Å². The molecule has 3 aromatic rings. The maximum Gasteiger partial charge on any atom is 0.290 e. The molecule has 2 amide bonds. The van der Waals surface area contributed by atoms with E-state index in [0.29, 0.717) is 18.5 Å². The molecule has 0 unspecified atom stereocenters. The molecule has 1 N–H and O–H groups in total. The molecule has 1 aliphatic heterocycles. The first-order valence-corrected chi connectivity index (χ1v) is 10.2. The van der Waals surface area contributed by atoms with Crippen LogP contribution in [0.1, 0.15) is 12.6 Å².